The molecule has 5 rings (SSSR count). The van der Waals surface area contributed by atoms with Crippen molar-refractivity contribution in [1.82, 2.24) is 9.88 Å². The van der Waals surface area contributed by atoms with E-state index in [1.54, 1.807) is 12.1 Å². The fraction of sp³-hybridized carbons (Fsp3) is 0.227. The number of carbonyl (C=O) groups is 1. The molecule has 1 fully saturated rings. The Balaban J connectivity index is 1.63. The molecule has 2 heterocycles. The number of halogens is 1. The molecule has 2 aliphatic rings. The molecule has 2 aromatic carbocycles. The molecule has 1 N–H and O–H groups in total. The molecule has 0 spiro atoms. The highest BCUT2D eigenvalue weighted by Gasteiger charge is 2.36. The lowest BCUT2D eigenvalue weighted by atomic mass is 9.97. The van der Waals surface area contributed by atoms with E-state index in [1.807, 2.05) is 47.5 Å². The molecule has 1 amide bonds. The van der Waals surface area contributed by atoms with E-state index < -0.39 is 0 Å². The number of benzene rings is 2. The summed E-state index contributed by atoms with van der Waals surface area (Å²) in [7, 11) is 0. The standard InChI is InChI=1S/C22H20FN3O/c23-16-9-7-15(8-10-16)22-20-6-3-13-25(20)18-4-1-2-5-19(18)26(22)21(27)14-24-17-11-12-17/h1-10,13,17,22,24H,11-12,14H2. The lowest BCUT2D eigenvalue weighted by Gasteiger charge is -2.38. The maximum Gasteiger partial charge on any atom is 0.241 e. The van der Waals surface area contributed by atoms with Gasteiger partial charge in [0.25, 0.3) is 0 Å². The Labute approximate surface area is 157 Å². The van der Waals surface area contributed by atoms with Crippen LogP contribution in [0.5, 0.6) is 0 Å². The van der Waals surface area contributed by atoms with Gasteiger partial charge in [-0.05, 0) is 54.8 Å². The van der Waals surface area contributed by atoms with Gasteiger partial charge in [-0.15, -0.1) is 0 Å². The number of nitrogens with one attached hydrogen (secondary N) is 1. The average Bonchev–Trinajstić information content (AvgIpc) is 3.40. The van der Waals surface area contributed by atoms with Crippen molar-refractivity contribution in [2.45, 2.75) is 24.9 Å². The van der Waals surface area contributed by atoms with E-state index in [0.29, 0.717) is 12.6 Å². The number of amides is 1. The number of aromatic nitrogens is 1. The molecule has 1 unspecified atom stereocenters. The van der Waals surface area contributed by atoms with Gasteiger partial charge in [-0.2, -0.15) is 0 Å². The van der Waals surface area contributed by atoms with Crippen molar-refractivity contribution in [3.63, 3.8) is 0 Å². The van der Waals surface area contributed by atoms with Gasteiger partial charge in [-0.25, -0.2) is 4.39 Å². The van der Waals surface area contributed by atoms with Crippen LogP contribution in [0, 0.1) is 5.82 Å². The highest BCUT2D eigenvalue weighted by Crippen LogP contribution is 2.42. The first kappa shape index (κ1) is 16.3. The number of carbonyl (C=O) groups excluding carboxylic acids is 1. The first-order valence-electron chi connectivity index (χ1n) is 9.30. The SMILES string of the molecule is O=C(CNC1CC1)N1c2ccccc2-n2cccc2C1c1ccc(F)cc1. The summed E-state index contributed by atoms with van der Waals surface area (Å²) in [6, 6.07) is 18.5. The van der Waals surface area contributed by atoms with E-state index >= 15 is 0 Å². The van der Waals surface area contributed by atoms with E-state index in [1.165, 1.54) is 12.1 Å². The second kappa shape index (κ2) is 6.35. The van der Waals surface area contributed by atoms with Gasteiger partial charge in [0, 0.05) is 12.2 Å². The normalized spacial score (nSPS) is 18.1. The largest absolute Gasteiger partial charge is 0.316 e. The Morgan fingerprint density at radius 2 is 1.74 bits per heavy atom. The Morgan fingerprint density at radius 1 is 1.00 bits per heavy atom. The minimum Gasteiger partial charge on any atom is -0.316 e. The summed E-state index contributed by atoms with van der Waals surface area (Å²) in [5.74, 6) is -0.255. The minimum absolute atomic E-state index is 0.0242. The summed E-state index contributed by atoms with van der Waals surface area (Å²) in [6.45, 7) is 0.303. The zero-order chi connectivity index (χ0) is 18.4. The maximum atomic E-state index is 13.5. The van der Waals surface area contributed by atoms with Crippen molar-refractivity contribution in [3.05, 3.63) is 83.9 Å². The van der Waals surface area contributed by atoms with Gasteiger partial charge in [0.2, 0.25) is 5.91 Å². The van der Waals surface area contributed by atoms with Crippen molar-refractivity contribution < 1.29 is 9.18 Å². The molecule has 1 saturated carbocycles. The Bertz CT molecular complexity index is 991. The highest BCUT2D eigenvalue weighted by molar-refractivity contribution is 5.99. The molecule has 1 atom stereocenters. The second-order valence-electron chi connectivity index (χ2n) is 7.16. The van der Waals surface area contributed by atoms with Crippen molar-refractivity contribution in [2.24, 2.45) is 0 Å². The van der Waals surface area contributed by atoms with Crippen LogP contribution in [0.15, 0.2) is 66.9 Å². The van der Waals surface area contributed by atoms with E-state index in [4.69, 9.17) is 0 Å². The maximum absolute atomic E-state index is 13.5. The van der Waals surface area contributed by atoms with E-state index in [0.717, 1.165) is 35.5 Å². The third-order valence-corrected chi connectivity index (χ3v) is 5.29. The lowest BCUT2D eigenvalue weighted by molar-refractivity contribution is -0.118. The molecule has 1 aliphatic carbocycles. The van der Waals surface area contributed by atoms with Crippen LogP contribution in [0.3, 0.4) is 0 Å². The van der Waals surface area contributed by atoms with Crippen LogP contribution in [-0.2, 0) is 4.79 Å². The monoisotopic (exact) mass is 361 g/mol. The van der Waals surface area contributed by atoms with Gasteiger partial charge in [0.05, 0.1) is 23.6 Å². The number of fused-ring (bicyclic) bond motifs is 3. The molecule has 1 aliphatic heterocycles. The van der Waals surface area contributed by atoms with Gasteiger partial charge < -0.3 is 9.88 Å². The number of rotatable bonds is 4. The van der Waals surface area contributed by atoms with Crippen LogP contribution in [0.1, 0.15) is 30.1 Å². The van der Waals surface area contributed by atoms with Gasteiger partial charge >= 0.3 is 0 Å². The zero-order valence-electron chi connectivity index (χ0n) is 14.8. The molecule has 4 nitrogen and oxygen atoms in total. The van der Waals surface area contributed by atoms with Crippen LogP contribution in [-0.4, -0.2) is 23.1 Å². The third-order valence-electron chi connectivity index (χ3n) is 5.29. The molecule has 136 valence electrons. The number of hydrogen-bond donors (Lipinski definition) is 1. The van der Waals surface area contributed by atoms with Gasteiger partial charge in [-0.1, -0.05) is 24.3 Å². The van der Waals surface area contributed by atoms with E-state index in [2.05, 4.69) is 9.88 Å². The number of para-hydroxylation sites is 2. The Hall–Kier alpha value is -2.92. The van der Waals surface area contributed by atoms with Crippen LogP contribution in [0.25, 0.3) is 5.69 Å². The molecule has 1 aromatic heterocycles. The van der Waals surface area contributed by atoms with Crippen LogP contribution in [0.2, 0.25) is 0 Å². The fourth-order valence-electron chi connectivity index (χ4n) is 3.83. The smallest absolute Gasteiger partial charge is 0.241 e. The predicted octanol–water partition coefficient (Wildman–Crippen LogP) is 3.80. The van der Waals surface area contributed by atoms with Crippen LogP contribution in [0.4, 0.5) is 10.1 Å². The minimum atomic E-state index is -0.288. The number of nitrogens with zero attached hydrogens (tertiary/aromatic N) is 2. The van der Waals surface area contributed by atoms with Crippen molar-refractivity contribution in [1.29, 1.82) is 0 Å². The first-order valence-corrected chi connectivity index (χ1v) is 9.30. The molecule has 0 radical (unpaired) electrons. The first-order chi connectivity index (χ1) is 13.2. The predicted molar refractivity (Wildman–Crippen MR) is 103 cm³/mol. The lowest BCUT2D eigenvalue weighted by Crippen LogP contribution is -2.44. The summed E-state index contributed by atoms with van der Waals surface area (Å²) in [6.07, 6.45) is 4.27. The van der Waals surface area contributed by atoms with Crippen LogP contribution >= 0.6 is 0 Å². The Morgan fingerprint density at radius 3 is 2.48 bits per heavy atom. The average molecular weight is 361 g/mol. The summed E-state index contributed by atoms with van der Waals surface area (Å²) in [4.78, 5) is 15.1. The fourth-order valence-corrected chi connectivity index (χ4v) is 3.83. The van der Waals surface area contributed by atoms with Crippen molar-refractivity contribution in [3.8, 4) is 5.69 Å². The van der Waals surface area contributed by atoms with Crippen molar-refractivity contribution >= 4 is 11.6 Å². The highest BCUT2D eigenvalue weighted by atomic mass is 19.1. The molecule has 0 saturated heterocycles. The third kappa shape index (κ3) is 2.84. The van der Waals surface area contributed by atoms with Crippen molar-refractivity contribution in [2.75, 3.05) is 11.4 Å². The zero-order valence-corrected chi connectivity index (χ0v) is 14.8. The topological polar surface area (TPSA) is 37.3 Å². The molecular weight excluding hydrogens is 341 g/mol. The van der Waals surface area contributed by atoms with Gasteiger partial charge in [0.15, 0.2) is 0 Å². The van der Waals surface area contributed by atoms with E-state index in [9.17, 15) is 9.18 Å². The summed E-state index contributed by atoms with van der Waals surface area (Å²) >= 11 is 0. The Kier molecular flexibility index (Phi) is 3.83. The van der Waals surface area contributed by atoms with Gasteiger partial charge in [-0.3, -0.25) is 9.69 Å². The molecule has 0 bridgehead atoms. The summed E-state index contributed by atoms with van der Waals surface area (Å²) < 4.78 is 15.6. The van der Waals surface area contributed by atoms with Gasteiger partial charge in [0.1, 0.15) is 11.9 Å². The summed E-state index contributed by atoms with van der Waals surface area (Å²) in [5.41, 5.74) is 3.75. The van der Waals surface area contributed by atoms with E-state index in [-0.39, 0.29) is 17.8 Å². The number of anilines is 1. The molecule has 3 aromatic rings. The molecule has 27 heavy (non-hydrogen) atoms. The molecule has 5 heteroatoms. The summed E-state index contributed by atoms with van der Waals surface area (Å²) in [5, 5.41) is 3.33. The number of hydrogen-bond acceptors (Lipinski definition) is 2. The van der Waals surface area contributed by atoms with Crippen LogP contribution < -0.4 is 10.2 Å². The quantitative estimate of drug-likeness (QED) is 0.767. The molecular formula is C22H20FN3O. The second-order valence-corrected chi connectivity index (χ2v) is 7.16.